The summed E-state index contributed by atoms with van der Waals surface area (Å²) in [5, 5.41) is 13.7. The monoisotopic (exact) mass is 213 g/mol. The first kappa shape index (κ1) is 10.7. The maximum atomic E-state index is 11.4. The highest BCUT2D eigenvalue weighted by atomic mass is 32.1. The number of amides is 1. The van der Waals surface area contributed by atoms with E-state index in [0.717, 1.165) is 5.00 Å². The van der Waals surface area contributed by atoms with Gasteiger partial charge in [0, 0.05) is 5.92 Å². The van der Waals surface area contributed by atoms with E-state index < -0.39 is 11.9 Å². The minimum absolute atomic E-state index is 0.142. The van der Waals surface area contributed by atoms with Crippen LogP contribution >= 0.6 is 11.3 Å². The fourth-order valence-corrected chi connectivity index (χ4v) is 1.57. The summed E-state index contributed by atoms with van der Waals surface area (Å²) < 4.78 is 0. The Morgan fingerprint density at radius 2 is 2.36 bits per heavy atom. The van der Waals surface area contributed by atoms with Crippen molar-refractivity contribution >= 4 is 28.2 Å². The number of anilines is 1. The minimum Gasteiger partial charge on any atom is -0.481 e. The Morgan fingerprint density at radius 1 is 1.64 bits per heavy atom. The molecular weight excluding hydrogens is 202 g/mol. The normalized spacial score (nSPS) is 12.1. The molecule has 4 nitrogen and oxygen atoms in total. The summed E-state index contributed by atoms with van der Waals surface area (Å²) in [6, 6.07) is 3.60. The van der Waals surface area contributed by atoms with Gasteiger partial charge in [0.2, 0.25) is 5.91 Å². The average Bonchev–Trinajstić information content (AvgIpc) is 2.55. The molecule has 1 rings (SSSR count). The quantitative estimate of drug-likeness (QED) is 0.801. The topological polar surface area (TPSA) is 66.4 Å². The lowest BCUT2D eigenvalue weighted by Crippen LogP contribution is -2.22. The third-order valence-corrected chi connectivity index (χ3v) is 2.48. The molecule has 5 heteroatoms. The molecule has 1 aromatic rings. The van der Waals surface area contributed by atoms with Crippen molar-refractivity contribution < 1.29 is 14.7 Å². The van der Waals surface area contributed by atoms with Crippen molar-refractivity contribution in [2.24, 2.45) is 5.92 Å². The molecule has 0 aromatic carbocycles. The van der Waals surface area contributed by atoms with Crippen LogP contribution in [0.1, 0.15) is 13.3 Å². The van der Waals surface area contributed by atoms with E-state index in [4.69, 9.17) is 5.11 Å². The van der Waals surface area contributed by atoms with Gasteiger partial charge >= 0.3 is 5.97 Å². The van der Waals surface area contributed by atoms with Crippen molar-refractivity contribution in [3.05, 3.63) is 17.5 Å². The number of carbonyl (C=O) groups excluding carboxylic acids is 1. The van der Waals surface area contributed by atoms with Crippen LogP contribution in [0.25, 0.3) is 0 Å². The van der Waals surface area contributed by atoms with E-state index in [2.05, 4.69) is 5.32 Å². The number of aliphatic carboxylic acids is 1. The first-order valence-electron chi connectivity index (χ1n) is 4.15. The van der Waals surface area contributed by atoms with Crippen molar-refractivity contribution in [3.63, 3.8) is 0 Å². The van der Waals surface area contributed by atoms with E-state index in [-0.39, 0.29) is 12.3 Å². The molecule has 0 bridgehead atoms. The molecule has 0 saturated carbocycles. The molecule has 2 N–H and O–H groups in total. The van der Waals surface area contributed by atoms with Crippen molar-refractivity contribution in [1.82, 2.24) is 0 Å². The summed E-state index contributed by atoms with van der Waals surface area (Å²) in [4.78, 5) is 21.7. The molecule has 14 heavy (non-hydrogen) atoms. The molecular formula is C9H11NO3S. The summed E-state index contributed by atoms with van der Waals surface area (Å²) in [5.41, 5.74) is 0. The van der Waals surface area contributed by atoms with Gasteiger partial charge in [0.1, 0.15) is 0 Å². The standard InChI is InChI=1S/C9H11NO3S/c1-6(5-8(11)12)9(13)10-7-3-2-4-14-7/h2-4,6H,5H2,1H3,(H,10,13)(H,11,12). The number of carbonyl (C=O) groups is 2. The van der Waals surface area contributed by atoms with E-state index in [1.165, 1.54) is 11.3 Å². The van der Waals surface area contributed by atoms with Gasteiger partial charge in [0.25, 0.3) is 0 Å². The van der Waals surface area contributed by atoms with E-state index >= 15 is 0 Å². The molecule has 0 fully saturated rings. The number of thiophene rings is 1. The first-order chi connectivity index (χ1) is 6.59. The summed E-state index contributed by atoms with van der Waals surface area (Å²) in [6.07, 6.45) is -0.142. The summed E-state index contributed by atoms with van der Waals surface area (Å²) >= 11 is 1.41. The lowest BCUT2D eigenvalue weighted by Gasteiger charge is -2.07. The predicted octanol–water partition coefficient (Wildman–Crippen LogP) is 1.80. The lowest BCUT2D eigenvalue weighted by atomic mass is 10.1. The van der Waals surface area contributed by atoms with Crippen LogP contribution in [0, 0.1) is 5.92 Å². The highest BCUT2D eigenvalue weighted by molar-refractivity contribution is 7.14. The largest absolute Gasteiger partial charge is 0.481 e. The molecule has 0 aliphatic heterocycles. The molecule has 0 spiro atoms. The van der Waals surface area contributed by atoms with E-state index in [1.54, 1.807) is 13.0 Å². The van der Waals surface area contributed by atoms with Gasteiger partial charge in [-0.2, -0.15) is 0 Å². The van der Waals surface area contributed by atoms with Crippen molar-refractivity contribution in [1.29, 1.82) is 0 Å². The second-order valence-corrected chi connectivity index (χ2v) is 3.91. The number of carboxylic acid groups (broad SMARTS) is 1. The van der Waals surface area contributed by atoms with Crippen LogP contribution in [0.3, 0.4) is 0 Å². The Kier molecular flexibility index (Phi) is 3.64. The summed E-state index contributed by atoms with van der Waals surface area (Å²) in [6.45, 7) is 1.59. The Hall–Kier alpha value is -1.36. The number of rotatable bonds is 4. The Labute approximate surface area is 85.6 Å². The van der Waals surface area contributed by atoms with Crippen LogP contribution in [0.5, 0.6) is 0 Å². The van der Waals surface area contributed by atoms with Gasteiger partial charge in [-0.05, 0) is 17.5 Å². The van der Waals surface area contributed by atoms with Crippen molar-refractivity contribution in [2.45, 2.75) is 13.3 Å². The lowest BCUT2D eigenvalue weighted by molar-refractivity contribution is -0.139. The van der Waals surface area contributed by atoms with Crippen LogP contribution in [-0.2, 0) is 9.59 Å². The smallest absolute Gasteiger partial charge is 0.304 e. The minimum atomic E-state index is -0.959. The molecule has 0 radical (unpaired) electrons. The van der Waals surface area contributed by atoms with Gasteiger partial charge in [-0.15, -0.1) is 11.3 Å². The van der Waals surface area contributed by atoms with Gasteiger partial charge in [-0.3, -0.25) is 9.59 Å². The number of carboxylic acids is 1. The molecule has 0 saturated heterocycles. The maximum Gasteiger partial charge on any atom is 0.304 e. The highest BCUT2D eigenvalue weighted by Gasteiger charge is 2.16. The first-order valence-corrected chi connectivity index (χ1v) is 5.03. The highest BCUT2D eigenvalue weighted by Crippen LogP contribution is 2.16. The third kappa shape index (κ3) is 3.18. The van der Waals surface area contributed by atoms with Crippen molar-refractivity contribution in [2.75, 3.05) is 5.32 Å². The fraction of sp³-hybridized carbons (Fsp3) is 0.333. The zero-order valence-electron chi connectivity index (χ0n) is 7.69. The second kappa shape index (κ2) is 4.76. The van der Waals surface area contributed by atoms with Gasteiger partial charge < -0.3 is 10.4 Å². The van der Waals surface area contributed by atoms with Gasteiger partial charge in [-0.1, -0.05) is 6.92 Å². The summed E-state index contributed by atoms with van der Waals surface area (Å²) in [7, 11) is 0. The summed E-state index contributed by atoms with van der Waals surface area (Å²) in [5.74, 6) is -1.72. The average molecular weight is 213 g/mol. The Morgan fingerprint density at radius 3 is 2.86 bits per heavy atom. The Bertz CT molecular complexity index is 321. The third-order valence-electron chi connectivity index (χ3n) is 1.70. The molecule has 0 aliphatic rings. The molecule has 76 valence electrons. The van der Waals surface area contributed by atoms with Crippen LogP contribution in [-0.4, -0.2) is 17.0 Å². The number of nitrogens with one attached hydrogen (secondary N) is 1. The van der Waals surface area contributed by atoms with Gasteiger partial charge in [-0.25, -0.2) is 0 Å². The van der Waals surface area contributed by atoms with E-state index in [0.29, 0.717) is 0 Å². The SMILES string of the molecule is CC(CC(=O)O)C(=O)Nc1cccs1. The zero-order chi connectivity index (χ0) is 10.6. The fourth-order valence-electron chi connectivity index (χ4n) is 0.949. The van der Waals surface area contributed by atoms with Crippen LogP contribution < -0.4 is 5.32 Å². The van der Waals surface area contributed by atoms with Crippen LogP contribution in [0.2, 0.25) is 0 Å². The zero-order valence-corrected chi connectivity index (χ0v) is 8.50. The van der Waals surface area contributed by atoms with E-state index in [9.17, 15) is 9.59 Å². The molecule has 1 amide bonds. The second-order valence-electron chi connectivity index (χ2n) is 2.97. The maximum absolute atomic E-state index is 11.4. The molecule has 1 aromatic heterocycles. The van der Waals surface area contributed by atoms with Crippen molar-refractivity contribution in [3.8, 4) is 0 Å². The molecule has 1 heterocycles. The molecule has 1 atom stereocenters. The van der Waals surface area contributed by atoms with Crippen LogP contribution in [0.15, 0.2) is 17.5 Å². The molecule has 0 aliphatic carbocycles. The Balaban J connectivity index is 2.46. The van der Waals surface area contributed by atoms with Gasteiger partial charge in [0.15, 0.2) is 0 Å². The molecule has 1 unspecified atom stereocenters. The number of hydrogen-bond acceptors (Lipinski definition) is 3. The van der Waals surface area contributed by atoms with E-state index in [1.807, 2.05) is 11.4 Å². The van der Waals surface area contributed by atoms with Crippen LogP contribution in [0.4, 0.5) is 5.00 Å². The van der Waals surface area contributed by atoms with Gasteiger partial charge in [0.05, 0.1) is 11.4 Å². The predicted molar refractivity (Wildman–Crippen MR) is 54.4 cm³/mol. The number of hydrogen-bond donors (Lipinski definition) is 2.